The highest BCUT2D eigenvalue weighted by Gasteiger charge is 2.43. The Balaban J connectivity index is 2.06. The van der Waals surface area contributed by atoms with Crippen LogP contribution in [0.2, 0.25) is 18.1 Å². The van der Waals surface area contributed by atoms with E-state index >= 15 is 0 Å². The predicted octanol–water partition coefficient (Wildman–Crippen LogP) is 7.51. The van der Waals surface area contributed by atoms with E-state index in [1.54, 1.807) is 20.5 Å². The first-order valence-corrected chi connectivity index (χ1v) is 18.7. The Kier molecular flexibility index (Phi) is 13.6. The number of carbonyl (C=O) groups is 1. The van der Waals surface area contributed by atoms with Crippen LogP contribution < -0.4 is 0 Å². The number of aromatic nitrogens is 1. The zero-order chi connectivity index (χ0) is 33.4. The highest BCUT2D eigenvalue weighted by molar-refractivity contribution is 6.74. The SMILES string of the molecule is CCOC(=O)C[C@H](C[C@H](/C=C/C=C/C[C@](C)(OC)c1coc(C[C@@H]2OC(C)(C)OCC2(C)C)n1)OC)O[Si](C)(C)C(C)(C)C. The fraction of sp³-hybridized carbons (Fsp3) is 0.765. The minimum atomic E-state index is -2.11. The standard InChI is InChI=1S/C34H59NO8Si/c1-14-39-30(36)21-26(43-44(12,13)31(2,3)4)20-25(37-10)18-16-15-17-19-34(9,38-11)27-23-40-29(35-27)22-28-32(5,6)24-41-33(7,8)42-28/h15-18,23,25-26,28H,14,19-22,24H2,1-13H3/b17-15+,18-16+/t25-,26-,28-,34-/m0/s1. The third-order valence-electron chi connectivity index (χ3n) is 8.84. The summed E-state index contributed by atoms with van der Waals surface area (Å²) in [4.78, 5) is 17.1. The zero-order valence-electron chi connectivity index (χ0n) is 29.6. The quantitative estimate of drug-likeness (QED) is 0.104. The minimum absolute atomic E-state index is 0.0196. The van der Waals surface area contributed by atoms with E-state index in [-0.39, 0.29) is 41.2 Å². The molecule has 2 rings (SSSR count). The van der Waals surface area contributed by atoms with Crippen LogP contribution in [0.3, 0.4) is 0 Å². The second-order valence-electron chi connectivity index (χ2n) is 14.6. The van der Waals surface area contributed by atoms with Crippen LogP contribution in [0.1, 0.15) is 93.2 Å². The molecular weight excluding hydrogens is 578 g/mol. The Hall–Kier alpha value is -1.82. The lowest BCUT2D eigenvalue weighted by atomic mass is 9.84. The normalized spacial score (nSPS) is 21.8. The maximum Gasteiger partial charge on any atom is 0.308 e. The third-order valence-corrected chi connectivity index (χ3v) is 13.4. The van der Waals surface area contributed by atoms with E-state index in [0.29, 0.717) is 38.4 Å². The topological polar surface area (TPSA) is 98.5 Å². The van der Waals surface area contributed by atoms with Gasteiger partial charge in [0.25, 0.3) is 0 Å². The number of rotatable bonds is 16. The van der Waals surface area contributed by atoms with Crippen molar-refractivity contribution in [3.05, 3.63) is 42.2 Å². The van der Waals surface area contributed by atoms with Crippen molar-refractivity contribution in [1.29, 1.82) is 0 Å². The summed E-state index contributed by atoms with van der Waals surface area (Å²) in [5.74, 6) is -0.281. The van der Waals surface area contributed by atoms with Crippen LogP contribution in [0.5, 0.6) is 0 Å². The maximum absolute atomic E-state index is 12.4. The van der Waals surface area contributed by atoms with Crippen molar-refractivity contribution in [3.63, 3.8) is 0 Å². The monoisotopic (exact) mass is 637 g/mol. The van der Waals surface area contributed by atoms with Crippen molar-refractivity contribution < 1.29 is 37.3 Å². The van der Waals surface area contributed by atoms with Gasteiger partial charge in [-0.15, -0.1) is 0 Å². The number of allylic oxidation sites excluding steroid dienone is 2. The molecule has 10 heteroatoms. The zero-order valence-corrected chi connectivity index (χ0v) is 30.6. The molecule has 4 atom stereocenters. The third kappa shape index (κ3) is 11.2. The molecule has 0 aromatic carbocycles. The predicted molar refractivity (Wildman–Crippen MR) is 175 cm³/mol. The molecule has 1 aromatic rings. The molecule has 1 saturated heterocycles. The van der Waals surface area contributed by atoms with Crippen LogP contribution in [-0.4, -0.2) is 70.8 Å². The van der Waals surface area contributed by atoms with Gasteiger partial charge < -0.3 is 32.5 Å². The highest BCUT2D eigenvalue weighted by atomic mass is 28.4. The lowest BCUT2D eigenvalue weighted by Crippen LogP contribution is -2.51. The molecule has 0 amide bonds. The van der Waals surface area contributed by atoms with Gasteiger partial charge in [-0.25, -0.2) is 4.98 Å². The Morgan fingerprint density at radius 3 is 2.43 bits per heavy atom. The first-order valence-electron chi connectivity index (χ1n) is 15.8. The van der Waals surface area contributed by atoms with Crippen molar-refractivity contribution in [2.75, 3.05) is 27.4 Å². The van der Waals surface area contributed by atoms with Crippen LogP contribution in [0.4, 0.5) is 0 Å². The molecule has 1 aliphatic heterocycles. The Morgan fingerprint density at radius 1 is 1.16 bits per heavy atom. The number of esters is 1. The molecule has 1 fully saturated rings. The van der Waals surface area contributed by atoms with Gasteiger partial charge in [-0.2, -0.15) is 0 Å². The van der Waals surface area contributed by atoms with E-state index in [4.69, 9.17) is 37.5 Å². The first-order chi connectivity index (χ1) is 20.3. The van der Waals surface area contributed by atoms with E-state index in [2.05, 4.69) is 47.7 Å². The van der Waals surface area contributed by atoms with Gasteiger partial charge in [0.15, 0.2) is 20.0 Å². The summed E-state index contributed by atoms with van der Waals surface area (Å²) >= 11 is 0. The number of hydrogen-bond donors (Lipinski definition) is 0. The fourth-order valence-corrected chi connectivity index (χ4v) is 6.02. The van der Waals surface area contributed by atoms with E-state index in [1.165, 1.54) is 0 Å². The smallest absolute Gasteiger partial charge is 0.308 e. The van der Waals surface area contributed by atoms with Gasteiger partial charge in [0, 0.05) is 32.5 Å². The Labute approximate surface area is 267 Å². The highest BCUT2D eigenvalue weighted by Crippen LogP contribution is 2.39. The molecule has 0 saturated carbocycles. The molecule has 0 spiro atoms. The van der Waals surface area contributed by atoms with Gasteiger partial charge in [0.05, 0.1) is 44.4 Å². The minimum Gasteiger partial charge on any atom is -0.466 e. The van der Waals surface area contributed by atoms with E-state index in [1.807, 2.05) is 52.0 Å². The molecular formula is C34H59NO8Si. The van der Waals surface area contributed by atoms with Crippen LogP contribution in [0.15, 0.2) is 35.0 Å². The summed E-state index contributed by atoms with van der Waals surface area (Å²) in [6, 6.07) is 0. The van der Waals surface area contributed by atoms with Crippen molar-refractivity contribution in [2.24, 2.45) is 5.41 Å². The van der Waals surface area contributed by atoms with Gasteiger partial charge in [-0.3, -0.25) is 4.79 Å². The number of hydrogen-bond acceptors (Lipinski definition) is 9. The summed E-state index contributed by atoms with van der Waals surface area (Å²) in [6.07, 6.45) is 10.9. The van der Waals surface area contributed by atoms with Crippen molar-refractivity contribution in [3.8, 4) is 0 Å². The van der Waals surface area contributed by atoms with Crippen LogP contribution in [0.25, 0.3) is 0 Å². The van der Waals surface area contributed by atoms with Crippen molar-refractivity contribution in [2.45, 2.75) is 136 Å². The second kappa shape index (κ2) is 15.6. The molecule has 0 unspecified atom stereocenters. The molecule has 0 N–H and O–H groups in total. The van der Waals surface area contributed by atoms with Crippen molar-refractivity contribution in [1.82, 2.24) is 4.98 Å². The Morgan fingerprint density at radius 2 is 1.84 bits per heavy atom. The van der Waals surface area contributed by atoms with E-state index < -0.39 is 19.7 Å². The van der Waals surface area contributed by atoms with Crippen molar-refractivity contribution >= 4 is 14.3 Å². The molecule has 44 heavy (non-hydrogen) atoms. The maximum atomic E-state index is 12.4. The van der Waals surface area contributed by atoms with Gasteiger partial charge in [-0.1, -0.05) is 58.9 Å². The molecule has 9 nitrogen and oxygen atoms in total. The fourth-order valence-electron chi connectivity index (χ4n) is 4.65. The molecule has 2 heterocycles. The number of ether oxygens (including phenoxy) is 5. The van der Waals surface area contributed by atoms with Gasteiger partial charge in [0.2, 0.25) is 0 Å². The average molecular weight is 638 g/mol. The summed E-state index contributed by atoms with van der Waals surface area (Å²) in [5.41, 5.74) is -0.105. The largest absolute Gasteiger partial charge is 0.466 e. The molecule has 1 aliphatic rings. The summed E-state index contributed by atoms with van der Waals surface area (Å²) in [7, 11) is 1.24. The average Bonchev–Trinajstić information content (AvgIpc) is 3.38. The molecule has 1 aromatic heterocycles. The van der Waals surface area contributed by atoms with Gasteiger partial charge in [-0.05, 0) is 45.8 Å². The lowest BCUT2D eigenvalue weighted by Gasteiger charge is -2.45. The molecule has 0 aliphatic carbocycles. The summed E-state index contributed by atoms with van der Waals surface area (Å²) in [6.45, 7) is 23.8. The summed E-state index contributed by atoms with van der Waals surface area (Å²) < 4.78 is 41.4. The van der Waals surface area contributed by atoms with E-state index in [0.717, 1.165) is 5.69 Å². The van der Waals surface area contributed by atoms with Crippen LogP contribution in [0, 0.1) is 5.41 Å². The van der Waals surface area contributed by atoms with Gasteiger partial charge >= 0.3 is 5.97 Å². The van der Waals surface area contributed by atoms with Crippen LogP contribution in [-0.2, 0) is 44.9 Å². The summed E-state index contributed by atoms with van der Waals surface area (Å²) in [5, 5.41) is 0.0196. The number of methoxy groups -OCH3 is 2. The molecule has 0 bridgehead atoms. The number of carbonyl (C=O) groups excluding carboxylic acids is 1. The van der Waals surface area contributed by atoms with Gasteiger partial charge in [0.1, 0.15) is 17.6 Å². The second-order valence-corrected chi connectivity index (χ2v) is 19.3. The number of oxazole rings is 1. The Bertz CT molecular complexity index is 1100. The molecule has 252 valence electrons. The van der Waals surface area contributed by atoms with E-state index in [9.17, 15) is 4.79 Å². The first kappa shape index (κ1) is 38.4. The van der Waals surface area contributed by atoms with Crippen LogP contribution >= 0.6 is 0 Å². The number of nitrogens with zero attached hydrogens (tertiary/aromatic N) is 1. The lowest BCUT2D eigenvalue weighted by molar-refractivity contribution is -0.312. The molecule has 0 radical (unpaired) electrons.